The van der Waals surface area contributed by atoms with Gasteiger partial charge in [-0.15, -0.1) is 0 Å². The lowest BCUT2D eigenvalue weighted by molar-refractivity contribution is -0.130. The third-order valence-electron chi connectivity index (χ3n) is 6.80. The van der Waals surface area contributed by atoms with Crippen LogP contribution in [-0.4, -0.2) is 58.3 Å². The van der Waals surface area contributed by atoms with Gasteiger partial charge in [0.2, 0.25) is 5.91 Å². The predicted octanol–water partition coefficient (Wildman–Crippen LogP) is 3.66. The number of imidazole rings is 1. The van der Waals surface area contributed by atoms with Crippen molar-refractivity contribution in [2.45, 2.75) is 26.9 Å². The Labute approximate surface area is 226 Å². The van der Waals surface area contributed by atoms with Gasteiger partial charge >= 0.3 is 0 Å². The molecule has 8 nitrogen and oxygen atoms in total. The maximum Gasteiger partial charge on any atom is 0.287 e. The number of amidine groups is 1. The number of nitrogens with zero attached hydrogens (tertiary/aromatic N) is 4. The Hall–Kier alpha value is -4.53. The van der Waals surface area contributed by atoms with Crippen LogP contribution < -0.4 is 10.6 Å². The minimum Gasteiger partial charge on any atom is -0.368 e. The average Bonchev–Trinajstić information content (AvgIpc) is 3.60. The van der Waals surface area contributed by atoms with Crippen molar-refractivity contribution in [3.05, 3.63) is 101 Å². The van der Waals surface area contributed by atoms with Crippen molar-refractivity contribution in [3.8, 4) is 0 Å². The van der Waals surface area contributed by atoms with E-state index in [1.807, 2.05) is 56.3 Å². The molecular formula is C30H31FN6O2. The highest BCUT2D eigenvalue weighted by atomic mass is 19.1. The van der Waals surface area contributed by atoms with E-state index >= 15 is 0 Å². The summed E-state index contributed by atoms with van der Waals surface area (Å²) in [6.45, 7) is 6.36. The Morgan fingerprint density at radius 3 is 2.62 bits per heavy atom. The molecule has 200 valence electrons. The van der Waals surface area contributed by atoms with E-state index in [0.29, 0.717) is 24.2 Å². The number of benzene rings is 3. The molecule has 0 unspecified atom stereocenters. The van der Waals surface area contributed by atoms with Crippen molar-refractivity contribution in [1.29, 1.82) is 0 Å². The second-order valence-electron chi connectivity index (χ2n) is 9.55. The molecule has 3 aromatic carbocycles. The number of amides is 2. The molecule has 5 rings (SSSR count). The normalized spacial score (nSPS) is 12.7. The Morgan fingerprint density at radius 1 is 1.10 bits per heavy atom. The van der Waals surface area contributed by atoms with Gasteiger partial charge in [0.1, 0.15) is 11.7 Å². The van der Waals surface area contributed by atoms with Gasteiger partial charge in [-0.3, -0.25) is 14.6 Å². The van der Waals surface area contributed by atoms with Crippen LogP contribution in [0.2, 0.25) is 0 Å². The second-order valence-corrected chi connectivity index (χ2v) is 9.55. The SMILES string of the molecule is CCN(Cc1ccc(C2=NCCN2)cc1)C(=O)CNC(=O)c1nc2cc(C)ccc2n1Cc1ccccc1F. The molecule has 0 saturated carbocycles. The molecule has 1 aliphatic heterocycles. The summed E-state index contributed by atoms with van der Waals surface area (Å²) in [5, 5.41) is 5.99. The molecule has 39 heavy (non-hydrogen) atoms. The number of aliphatic imine (C=N–C) groups is 1. The first-order valence-corrected chi connectivity index (χ1v) is 13.1. The van der Waals surface area contributed by atoms with Crippen LogP contribution in [0.3, 0.4) is 0 Å². The van der Waals surface area contributed by atoms with Crippen LogP contribution in [-0.2, 0) is 17.9 Å². The standard InChI is InChI=1S/C30H31FN6O2/c1-3-36(18-21-9-11-22(12-10-21)28-32-14-15-33-28)27(38)17-34-30(39)29-35-25-16-20(2)8-13-26(25)37(29)19-23-6-4-5-7-24(23)31/h4-13,16H,3,14-15,17-19H2,1-2H3,(H,32,33)(H,34,39). The van der Waals surface area contributed by atoms with Gasteiger partial charge in [0.25, 0.3) is 5.91 Å². The molecule has 2 heterocycles. The molecule has 9 heteroatoms. The van der Waals surface area contributed by atoms with E-state index in [4.69, 9.17) is 0 Å². The van der Waals surface area contributed by atoms with Gasteiger partial charge in [0.15, 0.2) is 5.82 Å². The summed E-state index contributed by atoms with van der Waals surface area (Å²) in [6, 6.07) is 20.1. The van der Waals surface area contributed by atoms with Gasteiger partial charge < -0.3 is 20.1 Å². The van der Waals surface area contributed by atoms with Crippen LogP contribution in [0.1, 0.15) is 39.8 Å². The first-order valence-electron chi connectivity index (χ1n) is 13.1. The van der Waals surface area contributed by atoms with Crippen LogP contribution in [0.25, 0.3) is 11.0 Å². The lowest BCUT2D eigenvalue weighted by Gasteiger charge is -2.21. The molecule has 0 saturated heterocycles. The fourth-order valence-electron chi connectivity index (χ4n) is 4.67. The fraction of sp³-hybridized carbons (Fsp3) is 0.267. The van der Waals surface area contributed by atoms with Crippen LogP contribution in [0.15, 0.2) is 71.7 Å². The van der Waals surface area contributed by atoms with Gasteiger partial charge in [-0.05, 0) is 43.2 Å². The zero-order valence-corrected chi connectivity index (χ0v) is 22.1. The molecule has 0 aliphatic carbocycles. The second kappa shape index (κ2) is 11.5. The highest BCUT2D eigenvalue weighted by Gasteiger charge is 2.21. The largest absolute Gasteiger partial charge is 0.368 e. The zero-order chi connectivity index (χ0) is 27.4. The lowest BCUT2D eigenvalue weighted by atomic mass is 10.1. The topological polar surface area (TPSA) is 91.6 Å². The number of likely N-dealkylation sites (N-methyl/N-ethyl adjacent to an activating group) is 1. The number of rotatable bonds is 9. The number of hydrogen-bond donors (Lipinski definition) is 2. The summed E-state index contributed by atoms with van der Waals surface area (Å²) in [4.78, 5) is 36.9. The molecule has 4 aromatic rings. The van der Waals surface area contributed by atoms with E-state index in [9.17, 15) is 14.0 Å². The van der Waals surface area contributed by atoms with Crippen molar-refractivity contribution in [1.82, 2.24) is 25.1 Å². The first-order chi connectivity index (χ1) is 18.9. The van der Waals surface area contributed by atoms with Crippen LogP contribution in [0.5, 0.6) is 0 Å². The smallest absolute Gasteiger partial charge is 0.287 e. The molecule has 0 radical (unpaired) electrons. The van der Waals surface area contributed by atoms with Crippen molar-refractivity contribution >= 4 is 28.7 Å². The number of carbonyl (C=O) groups excluding carboxylic acids is 2. The van der Waals surface area contributed by atoms with Crippen LogP contribution in [0.4, 0.5) is 4.39 Å². The van der Waals surface area contributed by atoms with E-state index in [1.165, 1.54) is 6.07 Å². The minimum atomic E-state index is -0.487. The van der Waals surface area contributed by atoms with E-state index < -0.39 is 5.91 Å². The monoisotopic (exact) mass is 526 g/mol. The van der Waals surface area contributed by atoms with Crippen LogP contribution >= 0.6 is 0 Å². The Balaban J connectivity index is 1.28. The molecule has 0 atom stereocenters. The number of nitrogens with one attached hydrogen (secondary N) is 2. The Kier molecular flexibility index (Phi) is 7.67. The number of halogens is 1. The molecule has 1 aliphatic rings. The van der Waals surface area contributed by atoms with Crippen molar-refractivity contribution < 1.29 is 14.0 Å². The molecule has 1 aromatic heterocycles. The molecule has 2 N–H and O–H groups in total. The fourth-order valence-corrected chi connectivity index (χ4v) is 4.67. The number of aryl methyl sites for hydroxylation is 1. The summed E-state index contributed by atoms with van der Waals surface area (Å²) in [7, 11) is 0. The maximum atomic E-state index is 14.4. The van der Waals surface area contributed by atoms with Crippen molar-refractivity contribution in [3.63, 3.8) is 0 Å². The van der Waals surface area contributed by atoms with Gasteiger partial charge in [0.05, 0.1) is 30.7 Å². The number of hydrogen-bond acceptors (Lipinski definition) is 5. The van der Waals surface area contributed by atoms with E-state index in [2.05, 4.69) is 20.6 Å². The summed E-state index contributed by atoms with van der Waals surface area (Å²) in [6.07, 6.45) is 0. The Bertz CT molecular complexity index is 1540. The van der Waals surface area contributed by atoms with Gasteiger partial charge in [-0.2, -0.15) is 0 Å². The predicted molar refractivity (Wildman–Crippen MR) is 149 cm³/mol. The molecule has 0 fully saturated rings. The molecule has 0 spiro atoms. The number of fused-ring (bicyclic) bond motifs is 1. The maximum absolute atomic E-state index is 14.4. The molecular weight excluding hydrogens is 495 g/mol. The minimum absolute atomic E-state index is 0.133. The van der Waals surface area contributed by atoms with Gasteiger partial charge in [-0.25, -0.2) is 9.37 Å². The van der Waals surface area contributed by atoms with Gasteiger partial charge in [0, 0.05) is 30.8 Å². The summed E-state index contributed by atoms with van der Waals surface area (Å²) in [5.74, 6) is -0.0205. The van der Waals surface area contributed by atoms with Crippen LogP contribution in [0, 0.1) is 12.7 Å². The third-order valence-corrected chi connectivity index (χ3v) is 6.80. The Morgan fingerprint density at radius 2 is 1.90 bits per heavy atom. The summed E-state index contributed by atoms with van der Waals surface area (Å²) >= 11 is 0. The van der Waals surface area contributed by atoms with Crippen molar-refractivity contribution in [2.75, 3.05) is 26.2 Å². The summed E-state index contributed by atoms with van der Waals surface area (Å²) < 4.78 is 16.1. The highest BCUT2D eigenvalue weighted by molar-refractivity contribution is 5.99. The number of carbonyl (C=O) groups is 2. The highest BCUT2D eigenvalue weighted by Crippen LogP contribution is 2.21. The van der Waals surface area contributed by atoms with E-state index in [0.717, 1.165) is 41.1 Å². The first kappa shape index (κ1) is 26.1. The lowest BCUT2D eigenvalue weighted by Crippen LogP contribution is -2.40. The third kappa shape index (κ3) is 5.82. The summed E-state index contributed by atoms with van der Waals surface area (Å²) in [5.41, 5.74) is 4.81. The van der Waals surface area contributed by atoms with E-state index in [1.54, 1.807) is 27.7 Å². The van der Waals surface area contributed by atoms with Gasteiger partial charge in [-0.1, -0.05) is 48.5 Å². The average molecular weight is 527 g/mol. The number of aromatic nitrogens is 2. The van der Waals surface area contributed by atoms with E-state index in [-0.39, 0.29) is 30.6 Å². The zero-order valence-electron chi connectivity index (χ0n) is 22.1. The quantitative estimate of drug-likeness (QED) is 0.348. The molecule has 2 amide bonds. The molecule has 0 bridgehead atoms. The van der Waals surface area contributed by atoms with Crippen molar-refractivity contribution in [2.24, 2.45) is 4.99 Å².